The van der Waals surface area contributed by atoms with Crippen LogP contribution in [-0.2, 0) is 9.53 Å². The Morgan fingerprint density at radius 3 is 3.05 bits per heavy atom. The van der Waals surface area contributed by atoms with Gasteiger partial charge in [0.05, 0.1) is 12.5 Å². The molecule has 1 heterocycles. The zero-order chi connectivity index (χ0) is 13.5. The van der Waals surface area contributed by atoms with Crippen LogP contribution in [0.1, 0.15) is 11.5 Å². The Hall–Kier alpha value is -1.04. The van der Waals surface area contributed by atoms with Crippen LogP contribution in [0.2, 0.25) is 0 Å². The molecule has 0 fully saturated rings. The van der Waals surface area contributed by atoms with Gasteiger partial charge in [-0.3, -0.25) is 4.79 Å². The van der Waals surface area contributed by atoms with E-state index in [1.165, 1.54) is 4.90 Å². The van der Waals surface area contributed by atoms with Crippen molar-refractivity contribution in [3.63, 3.8) is 0 Å². The van der Waals surface area contributed by atoms with Crippen molar-refractivity contribution in [3.8, 4) is 0 Å². The second kappa shape index (κ2) is 7.53. The van der Waals surface area contributed by atoms with Gasteiger partial charge in [-0.25, -0.2) is 0 Å². The molecule has 0 unspecified atom stereocenters. The zero-order valence-electron chi connectivity index (χ0n) is 11.1. The molecule has 0 aromatic heterocycles. The molecule has 1 amide bonds. The third-order valence-electron chi connectivity index (χ3n) is 3.10. The number of fused-ring (bicyclic) bond motifs is 1. The predicted molar refractivity (Wildman–Crippen MR) is 77.7 cm³/mol. The average molecular weight is 280 g/mol. The molecule has 5 heteroatoms. The fourth-order valence-corrected chi connectivity index (χ4v) is 3.31. The van der Waals surface area contributed by atoms with Gasteiger partial charge in [0.2, 0.25) is 5.91 Å². The molecular formula is C14H20N2O2S. The lowest BCUT2D eigenvalue weighted by Crippen LogP contribution is -2.35. The SMILES string of the molecule is COCCNCCNC(=O)[C@H]1CSc2ccccc21. The number of carbonyl (C=O) groups excluding carboxylic acids is 1. The van der Waals surface area contributed by atoms with Crippen molar-refractivity contribution in [1.29, 1.82) is 0 Å². The minimum absolute atomic E-state index is 0.000162. The van der Waals surface area contributed by atoms with E-state index in [-0.39, 0.29) is 11.8 Å². The molecule has 2 rings (SSSR count). The summed E-state index contributed by atoms with van der Waals surface area (Å²) >= 11 is 1.76. The van der Waals surface area contributed by atoms with Crippen LogP contribution in [0.3, 0.4) is 0 Å². The summed E-state index contributed by atoms with van der Waals surface area (Å²) in [5.41, 5.74) is 1.16. The van der Waals surface area contributed by atoms with Crippen molar-refractivity contribution in [3.05, 3.63) is 29.8 Å². The highest BCUT2D eigenvalue weighted by Gasteiger charge is 2.28. The van der Waals surface area contributed by atoms with Crippen molar-refractivity contribution in [2.24, 2.45) is 0 Å². The van der Waals surface area contributed by atoms with E-state index in [9.17, 15) is 4.79 Å². The van der Waals surface area contributed by atoms with Gasteiger partial charge >= 0.3 is 0 Å². The first-order valence-electron chi connectivity index (χ1n) is 6.52. The van der Waals surface area contributed by atoms with Crippen LogP contribution in [0.25, 0.3) is 0 Å². The number of hydrogen-bond acceptors (Lipinski definition) is 4. The van der Waals surface area contributed by atoms with Gasteiger partial charge in [0.15, 0.2) is 0 Å². The first-order chi connectivity index (χ1) is 9.33. The highest BCUT2D eigenvalue weighted by molar-refractivity contribution is 7.99. The van der Waals surface area contributed by atoms with Crippen LogP contribution in [-0.4, -0.2) is 45.0 Å². The number of thioether (sulfide) groups is 1. The third-order valence-corrected chi connectivity index (χ3v) is 4.28. The first-order valence-corrected chi connectivity index (χ1v) is 7.50. The van der Waals surface area contributed by atoms with E-state index in [1.54, 1.807) is 18.9 Å². The van der Waals surface area contributed by atoms with Gasteiger partial charge in [-0.1, -0.05) is 18.2 Å². The fourth-order valence-electron chi connectivity index (χ4n) is 2.08. The molecule has 1 aliphatic heterocycles. The van der Waals surface area contributed by atoms with Crippen LogP contribution >= 0.6 is 11.8 Å². The smallest absolute Gasteiger partial charge is 0.228 e. The van der Waals surface area contributed by atoms with Crippen molar-refractivity contribution in [1.82, 2.24) is 10.6 Å². The third kappa shape index (κ3) is 3.96. The number of methoxy groups -OCH3 is 1. The highest BCUT2D eigenvalue weighted by atomic mass is 32.2. The van der Waals surface area contributed by atoms with E-state index in [1.807, 2.05) is 12.1 Å². The Bertz CT molecular complexity index is 426. The average Bonchev–Trinajstić information content (AvgIpc) is 2.86. The van der Waals surface area contributed by atoms with Crippen molar-refractivity contribution in [2.45, 2.75) is 10.8 Å². The van der Waals surface area contributed by atoms with Crippen LogP contribution in [0.5, 0.6) is 0 Å². The van der Waals surface area contributed by atoms with Gasteiger partial charge in [-0.05, 0) is 11.6 Å². The monoisotopic (exact) mass is 280 g/mol. The summed E-state index contributed by atoms with van der Waals surface area (Å²) in [6.45, 7) is 2.94. The minimum atomic E-state index is 0.000162. The summed E-state index contributed by atoms with van der Waals surface area (Å²) in [6.07, 6.45) is 0. The maximum Gasteiger partial charge on any atom is 0.228 e. The van der Waals surface area contributed by atoms with E-state index in [0.717, 1.165) is 24.4 Å². The quantitative estimate of drug-likeness (QED) is 0.738. The summed E-state index contributed by atoms with van der Waals surface area (Å²) in [6, 6.07) is 8.15. The highest BCUT2D eigenvalue weighted by Crippen LogP contribution is 2.39. The molecule has 19 heavy (non-hydrogen) atoms. The van der Waals surface area contributed by atoms with Crippen LogP contribution in [0, 0.1) is 0 Å². The molecule has 2 N–H and O–H groups in total. The number of amides is 1. The molecule has 0 saturated heterocycles. The molecular weight excluding hydrogens is 260 g/mol. The number of benzene rings is 1. The Balaban J connectivity index is 1.73. The molecule has 1 aromatic rings. The molecule has 0 radical (unpaired) electrons. The van der Waals surface area contributed by atoms with Gasteiger partial charge in [-0.15, -0.1) is 11.8 Å². The summed E-state index contributed by atoms with van der Waals surface area (Å²) in [5, 5.41) is 6.19. The first kappa shape index (κ1) is 14.4. The second-order valence-corrected chi connectivity index (χ2v) is 5.50. The van der Waals surface area contributed by atoms with Gasteiger partial charge in [0, 0.05) is 37.4 Å². The van der Waals surface area contributed by atoms with E-state index in [4.69, 9.17) is 4.74 Å². The van der Waals surface area contributed by atoms with Gasteiger partial charge < -0.3 is 15.4 Å². The molecule has 104 valence electrons. The standard InChI is InChI=1S/C14H20N2O2S/c1-18-9-8-15-6-7-16-14(17)12-10-19-13-5-3-2-4-11(12)13/h2-5,12,15H,6-10H2,1H3,(H,16,17)/t12-/m0/s1. The van der Waals surface area contributed by atoms with E-state index in [0.29, 0.717) is 13.2 Å². The largest absolute Gasteiger partial charge is 0.383 e. The van der Waals surface area contributed by atoms with Gasteiger partial charge in [0.1, 0.15) is 0 Å². The maximum atomic E-state index is 12.1. The van der Waals surface area contributed by atoms with E-state index < -0.39 is 0 Å². The molecule has 4 nitrogen and oxygen atoms in total. The van der Waals surface area contributed by atoms with Crippen molar-refractivity contribution >= 4 is 17.7 Å². The van der Waals surface area contributed by atoms with Crippen LogP contribution < -0.4 is 10.6 Å². The number of rotatable bonds is 7. The zero-order valence-corrected chi connectivity index (χ0v) is 12.0. The topological polar surface area (TPSA) is 50.4 Å². The fraction of sp³-hybridized carbons (Fsp3) is 0.500. The van der Waals surface area contributed by atoms with E-state index >= 15 is 0 Å². The summed E-state index contributed by atoms with van der Waals surface area (Å²) in [4.78, 5) is 13.4. The molecule has 0 saturated carbocycles. The number of nitrogens with one attached hydrogen (secondary N) is 2. The number of hydrogen-bond donors (Lipinski definition) is 2. The lowest BCUT2D eigenvalue weighted by Gasteiger charge is -2.12. The normalized spacial score (nSPS) is 17.2. The molecule has 1 aliphatic rings. The Labute approximate surface area is 118 Å². The predicted octanol–water partition coefficient (Wildman–Crippen LogP) is 1.23. The summed E-state index contributed by atoms with van der Waals surface area (Å²) in [5.74, 6) is 0.980. The van der Waals surface area contributed by atoms with Gasteiger partial charge in [0.25, 0.3) is 0 Å². The minimum Gasteiger partial charge on any atom is -0.383 e. The maximum absolute atomic E-state index is 12.1. The lowest BCUT2D eigenvalue weighted by molar-refractivity contribution is -0.122. The Morgan fingerprint density at radius 1 is 1.37 bits per heavy atom. The van der Waals surface area contributed by atoms with Crippen LogP contribution in [0.15, 0.2) is 29.2 Å². The summed E-state index contributed by atoms with van der Waals surface area (Å²) < 4.78 is 4.94. The second-order valence-electron chi connectivity index (χ2n) is 4.44. The summed E-state index contributed by atoms with van der Waals surface area (Å²) in [7, 11) is 1.68. The Morgan fingerprint density at radius 2 is 2.21 bits per heavy atom. The molecule has 1 aromatic carbocycles. The van der Waals surface area contributed by atoms with Crippen LogP contribution in [0.4, 0.5) is 0 Å². The molecule has 1 atom stereocenters. The molecule has 0 bridgehead atoms. The van der Waals surface area contributed by atoms with Gasteiger partial charge in [-0.2, -0.15) is 0 Å². The van der Waals surface area contributed by atoms with E-state index in [2.05, 4.69) is 22.8 Å². The number of carbonyl (C=O) groups is 1. The lowest BCUT2D eigenvalue weighted by atomic mass is 10.0. The van der Waals surface area contributed by atoms with Crippen molar-refractivity contribution in [2.75, 3.05) is 39.1 Å². The van der Waals surface area contributed by atoms with Crippen molar-refractivity contribution < 1.29 is 9.53 Å². The molecule has 0 spiro atoms. The molecule has 0 aliphatic carbocycles. The number of ether oxygens (including phenoxy) is 1. The Kier molecular flexibility index (Phi) is 5.69.